The summed E-state index contributed by atoms with van der Waals surface area (Å²) in [4.78, 5) is 29.5. The molecule has 1 amide bonds. The van der Waals surface area contributed by atoms with Crippen molar-refractivity contribution >= 4 is 57.1 Å². The fraction of sp³-hybridized carbons (Fsp3) is 0.444. The summed E-state index contributed by atoms with van der Waals surface area (Å²) >= 11 is 4.02. The zero-order valence-corrected chi connectivity index (χ0v) is 13.6. The molecule has 0 aliphatic rings. The molecule has 0 radical (unpaired) electrons. The van der Waals surface area contributed by atoms with Gasteiger partial charge >= 0.3 is 5.97 Å². The van der Waals surface area contributed by atoms with Crippen molar-refractivity contribution in [2.24, 2.45) is 5.73 Å². The van der Waals surface area contributed by atoms with Crippen LogP contribution in [0.3, 0.4) is 0 Å². The lowest BCUT2D eigenvalue weighted by Crippen LogP contribution is -2.43. The largest absolute Gasteiger partial charge is 0.480 e. The molecule has 18 heavy (non-hydrogen) atoms. The van der Waals surface area contributed by atoms with E-state index in [1.807, 2.05) is 45.2 Å². The Hall–Kier alpha value is -0.430. The molecule has 0 bridgehead atoms. The van der Waals surface area contributed by atoms with E-state index in [2.05, 4.69) is 15.3 Å². The predicted octanol–water partition coefficient (Wildman–Crippen LogP) is 0.0796. The number of carboxylic acid groups (broad SMARTS) is 1. The van der Waals surface area contributed by atoms with Gasteiger partial charge in [0.2, 0.25) is 5.91 Å². The number of H-pyrrole nitrogens is 1. The van der Waals surface area contributed by atoms with E-state index < -0.39 is 12.0 Å². The fourth-order valence-electron chi connectivity index (χ4n) is 1.29. The Kier molecular flexibility index (Phi) is 6.28. The van der Waals surface area contributed by atoms with Crippen molar-refractivity contribution in [1.29, 1.82) is 0 Å². The molecule has 0 aliphatic heterocycles. The Labute approximate surface area is 131 Å². The van der Waals surface area contributed by atoms with Gasteiger partial charge in [-0.2, -0.15) is 0 Å². The van der Waals surface area contributed by atoms with Crippen LogP contribution in [0.15, 0.2) is 0 Å². The van der Waals surface area contributed by atoms with Crippen molar-refractivity contribution in [3.63, 3.8) is 0 Å². The van der Waals surface area contributed by atoms with Crippen LogP contribution < -0.4 is 11.1 Å². The smallest absolute Gasteiger partial charge is 0.326 e. The van der Waals surface area contributed by atoms with Crippen molar-refractivity contribution in [3.8, 4) is 0 Å². The number of rotatable bonds is 6. The lowest BCUT2D eigenvalue weighted by Gasteiger charge is -2.13. The van der Waals surface area contributed by atoms with Crippen LogP contribution in [-0.2, 0) is 16.0 Å². The number of nitrogens with one attached hydrogen (secondary N) is 2. The van der Waals surface area contributed by atoms with E-state index in [0.717, 1.165) is 0 Å². The van der Waals surface area contributed by atoms with Gasteiger partial charge in [0.25, 0.3) is 0 Å². The molecule has 0 saturated heterocycles. The molecule has 0 unspecified atom stereocenters. The van der Waals surface area contributed by atoms with Crippen molar-refractivity contribution in [3.05, 3.63) is 13.2 Å². The summed E-state index contributed by atoms with van der Waals surface area (Å²) in [6.45, 7) is 0.192. The van der Waals surface area contributed by atoms with E-state index in [0.29, 0.717) is 13.2 Å². The zero-order chi connectivity index (χ0) is 13.7. The van der Waals surface area contributed by atoms with Crippen LogP contribution in [0.25, 0.3) is 0 Å². The summed E-state index contributed by atoms with van der Waals surface area (Å²) in [5.41, 5.74) is 5.93. The number of aliphatic carboxylic acids is 1. The monoisotopic (exact) mass is 478 g/mol. The number of carboxylic acids is 1. The molecule has 0 saturated carbocycles. The fourth-order valence-corrected chi connectivity index (χ4v) is 2.92. The normalized spacial score (nSPS) is 12.2. The minimum absolute atomic E-state index is 0.112. The minimum Gasteiger partial charge on any atom is -0.480 e. The van der Waals surface area contributed by atoms with Crippen LogP contribution >= 0.6 is 45.2 Å². The first-order chi connectivity index (χ1) is 8.43. The highest BCUT2D eigenvalue weighted by molar-refractivity contribution is 14.1. The molecule has 9 heteroatoms. The molecule has 5 N–H and O–H groups in total. The molecule has 7 nitrogen and oxygen atoms in total. The molecule has 1 heterocycles. The van der Waals surface area contributed by atoms with Crippen molar-refractivity contribution in [2.75, 3.05) is 6.54 Å². The minimum atomic E-state index is -1.08. The first kappa shape index (κ1) is 15.6. The standard InChI is InChI=1S/C9H12I2N4O3/c10-7-4(14-9(11)15-7)3-5(8(17)18)13-6(16)1-2-12/h5H,1-3,12H2,(H,13,16)(H,14,15)(H,17,18)/t5-/m0/s1. The number of imidazole rings is 1. The van der Waals surface area contributed by atoms with E-state index in [1.165, 1.54) is 0 Å². The summed E-state index contributed by atoms with van der Waals surface area (Å²) in [7, 11) is 0. The number of hydrogen-bond donors (Lipinski definition) is 4. The maximum absolute atomic E-state index is 11.4. The first-order valence-electron chi connectivity index (χ1n) is 5.06. The summed E-state index contributed by atoms with van der Waals surface area (Å²) in [5.74, 6) is -1.45. The molecule has 0 spiro atoms. The van der Waals surface area contributed by atoms with E-state index >= 15 is 0 Å². The number of halogens is 2. The molecular formula is C9H12I2N4O3. The highest BCUT2D eigenvalue weighted by Crippen LogP contribution is 2.13. The van der Waals surface area contributed by atoms with Crippen LogP contribution in [-0.4, -0.2) is 39.5 Å². The second-order valence-corrected chi connectivity index (χ2v) is 5.54. The van der Waals surface area contributed by atoms with E-state index in [4.69, 9.17) is 10.8 Å². The van der Waals surface area contributed by atoms with Crippen LogP contribution in [0, 0.1) is 7.53 Å². The molecule has 1 atom stereocenters. The number of hydrogen-bond acceptors (Lipinski definition) is 4. The van der Waals surface area contributed by atoms with Gasteiger partial charge in [0.1, 0.15) is 9.74 Å². The topological polar surface area (TPSA) is 121 Å². The highest BCUT2D eigenvalue weighted by Gasteiger charge is 2.22. The molecule has 1 aromatic heterocycles. The van der Waals surface area contributed by atoms with Crippen molar-refractivity contribution < 1.29 is 14.7 Å². The van der Waals surface area contributed by atoms with E-state index in [9.17, 15) is 9.59 Å². The third-order valence-corrected chi connectivity index (χ3v) is 3.52. The van der Waals surface area contributed by atoms with Crippen molar-refractivity contribution in [1.82, 2.24) is 15.3 Å². The number of aromatic nitrogens is 2. The Morgan fingerprint density at radius 2 is 2.17 bits per heavy atom. The Morgan fingerprint density at radius 3 is 2.61 bits per heavy atom. The Balaban J connectivity index is 2.72. The number of carbonyl (C=O) groups excluding carboxylic acids is 1. The van der Waals surface area contributed by atoms with Gasteiger partial charge in [0.05, 0.1) is 5.69 Å². The van der Waals surface area contributed by atoms with Gasteiger partial charge in [-0.15, -0.1) is 0 Å². The van der Waals surface area contributed by atoms with Gasteiger partial charge in [-0.3, -0.25) is 4.79 Å². The number of carbonyl (C=O) groups is 2. The van der Waals surface area contributed by atoms with Crippen molar-refractivity contribution in [2.45, 2.75) is 18.9 Å². The quantitative estimate of drug-likeness (QED) is 0.432. The van der Waals surface area contributed by atoms with Gasteiger partial charge in [-0.25, -0.2) is 9.78 Å². The number of nitrogens with two attached hydrogens (primary N) is 1. The lowest BCUT2D eigenvalue weighted by molar-refractivity contribution is -0.141. The van der Waals surface area contributed by atoms with Crippen LogP contribution in [0.1, 0.15) is 12.1 Å². The molecule has 1 rings (SSSR count). The average molecular weight is 478 g/mol. The van der Waals surface area contributed by atoms with Gasteiger partial charge < -0.3 is 21.1 Å². The second-order valence-electron chi connectivity index (χ2n) is 3.50. The molecule has 100 valence electrons. The average Bonchev–Trinajstić information content (AvgIpc) is 2.56. The highest BCUT2D eigenvalue weighted by atomic mass is 127. The zero-order valence-electron chi connectivity index (χ0n) is 9.24. The van der Waals surface area contributed by atoms with Crippen LogP contribution in [0.2, 0.25) is 0 Å². The SMILES string of the molecule is NCCC(=O)N[C@@H](Cc1[nH]c(I)nc1I)C(=O)O. The summed E-state index contributed by atoms with van der Waals surface area (Å²) < 4.78 is 1.39. The Morgan fingerprint density at radius 1 is 1.50 bits per heavy atom. The predicted molar refractivity (Wildman–Crippen MR) is 81.0 cm³/mol. The molecular weight excluding hydrogens is 466 g/mol. The maximum atomic E-state index is 11.4. The van der Waals surface area contributed by atoms with Gasteiger partial charge in [-0.05, 0) is 45.2 Å². The first-order valence-corrected chi connectivity index (χ1v) is 7.22. The molecule has 0 aliphatic carbocycles. The number of aromatic amines is 1. The lowest BCUT2D eigenvalue weighted by atomic mass is 10.1. The number of nitrogens with zero attached hydrogens (tertiary/aromatic N) is 1. The van der Waals surface area contributed by atoms with Crippen LogP contribution in [0.4, 0.5) is 0 Å². The van der Waals surface area contributed by atoms with E-state index in [-0.39, 0.29) is 25.3 Å². The molecule has 0 fully saturated rings. The Bertz CT molecular complexity index is 449. The van der Waals surface area contributed by atoms with Gasteiger partial charge in [0.15, 0.2) is 3.83 Å². The summed E-state index contributed by atoms with van der Waals surface area (Å²) in [6.07, 6.45) is 0.279. The third kappa shape index (κ3) is 4.68. The molecule has 1 aromatic rings. The molecule has 0 aromatic carbocycles. The second kappa shape index (κ2) is 7.23. The third-order valence-electron chi connectivity index (χ3n) is 2.11. The number of amides is 1. The maximum Gasteiger partial charge on any atom is 0.326 e. The summed E-state index contributed by atoms with van der Waals surface area (Å²) in [6, 6.07) is -0.978. The van der Waals surface area contributed by atoms with E-state index in [1.54, 1.807) is 0 Å². The summed E-state index contributed by atoms with van der Waals surface area (Å²) in [5, 5.41) is 11.5. The van der Waals surface area contributed by atoms with Crippen LogP contribution in [0.5, 0.6) is 0 Å². The van der Waals surface area contributed by atoms with Gasteiger partial charge in [-0.1, -0.05) is 0 Å². The van der Waals surface area contributed by atoms with Gasteiger partial charge in [0, 0.05) is 19.4 Å².